The molecule has 2 aromatic rings. The minimum Gasteiger partial charge on any atom is -0.262 e. The Kier molecular flexibility index (Phi) is 3.12. The smallest absolute Gasteiger partial charge is 0.262 e. The van der Waals surface area contributed by atoms with Crippen LogP contribution in [0.15, 0.2) is 29.6 Å². The molecule has 1 N–H and O–H groups in total. The van der Waals surface area contributed by atoms with Crippen LogP contribution in [-0.4, -0.2) is 18.4 Å². The van der Waals surface area contributed by atoms with Gasteiger partial charge in [-0.25, -0.2) is 13.4 Å². The lowest BCUT2D eigenvalue weighted by molar-refractivity contribution is 0.601. The fourth-order valence-corrected chi connectivity index (χ4v) is 3.97. The van der Waals surface area contributed by atoms with Gasteiger partial charge in [0, 0.05) is 22.1 Å². The van der Waals surface area contributed by atoms with E-state index in [9.17, 15) is 8.42 Å². The van der Waals surface area contributed by atoms with Gasteiger partial charge in [0.05, 0.1) is 6.20 Å². The van der Waals surface area contributed by atoms with Crippen molar-refractivity contribution >= 4 is 27.2 Å². The second-order valence-corrected chi connectivity index (χ2v) is 6.58. The summed E-state index contributed by atoms with van der Waals surface area (Å²) in [6.45, 7) is 3.65. The molecule has 17 heavy (non-hydrogen) atoms. The molecule has 0 aliphatic rings. The Balaban J connectivity index is 2.35. The van der Waals surface area contributed by atoms with Gasteiger partial charge in [-0.15, -0.1) is 11.3 Å². The predicted octanol–water partition coefficient (Wildman–Crippen LogP) is 1.96. The van der Waals surface area contributed by atoms with Crippen LogP contribution in [0.1, 0.15) is 9.75 Å². The second-order valence-electron chi connectivity index (χ2n) is 3.47. The molecule has 0 amide bonds. The Labute approximate surface area is 104 Å². The van der Waals surface area contributed by atoms with E-state index in [1.54, 1.807) is 13.0 Å². The normalized spacial score (nSPS) is 11.4. The van der Waals surface area contributed by atoms with Crippen LogP contribution in [-0.2, 0) is 10.0 Å². The van der Waals surface area contributed by atoms with E-state index >= 15 is 0 Å². The van der Waals surface area contributed by atoms with Crippen LogP contribution < -0.4 is 4.72 Å². The van der Waals surface area contributed by atoms with E-state index in [0.717, 1.165) is 9.75 Å². The molecule has 0 atom stereocenters. The zero-order chi connectivity index (χ0) is 12.5. The Morgan fingerprint density at radius 1 is 1.29 bits per heavy atom. The summed E-state index contributed by atoms with van der Waals surface area (Å²) in [7, 11) is -3.57. The molecule has 0 aliphatic carbocycles. The van der Waals surface area contributed by atoms with Gasteiger partial charge in [0.15, 0.2) is 5.82 Å². The number of sulfonamides is 1. The molecule has 2 rings (SSSR count). The predicted molar refractivity (Wildman–Crippen MR) is 66.6 cm³/mol. The lowest BCUT2D eigenvalue weighted by Gasteiger charge is -2.05. The molecule has 0 radical (unpaired) electrons. The van der Waals surface area contributed by atoms with Crippen molar-refractivity contribution in [1.82, 2.24) is 9.97 Å². The lowest BCUT2D eigenvalue weighted by Crippen LogP contribution is -2.14. The monoisotopic (exact) mass is 269 g/mol. The van der Waals surface area contributed by atoms with E-state index in [1.807, 2.05) is 6.92 Å². The molecule has 0 bridgehead atoms. The van der Waals surface area contributed by atoms with E-state index in [4.69, 9.17) is 0 Å². The van der Waals surface area contributed by atoms with Crippen molar-refractivity contribution < 1.29 is 8.42 Å². The van der Waals surface area contributed by atoms with Crippen molar-refractivity contribution in [3.8, 4) is 0 Å². The third kappa shape index (κ3) is 2.62. The van der Waals surface area contributed by atoms with Crippen LogP contribution in [0.5, 0.6) is 0 Å². The zero-order valence-corrected chi connectivity index (χ0v) is 11.0. The van der Waals surface area contributed by atoms with Crippen molar-refractivity contribution in [2.24, 2.45) is 0 Å². The third-order valence-corrected chi connectivity index (χ3v) is 4.66. The fourth-order valence-electron chi connectivity index (χ4n) is 1.42. The Hall–Kier alpha value is -1.47. The number of nitrogens with one attached hydrogen (secondary N) is 1. The molecular formula is C10H11N3O2S2. The summed E-state index contributed by atoms with van der Waals surface area (Å²) in [5.74, 6) is 0.218. The van der Waals surface area contributed by atoms with E-state index in [-0.39, 0.29) is 5.82 Å². The maximum atomic E-state index is 12.1. The van der Waals surface area contributed by atoms with Crippen LogP contribution in [0.4, 0.5) is 5.82 Å². The first-order valence-corrected chi connectivity index (χ1v) is 7.15. The first kappa shape index (κ1) is 12.0. The molecule has 90 valence electrons. The summed E-state index contributed by atoms with van der Waals surface area (Å²) < 4.78 is 26.5. The molecule has 0 unspecified atom stereocenters. The van der Waals surface area contributed by atoms with Crippen molar-refractivity contribution in [2.45, 2.75) is 18.7 Å². The summed E-state index contributed by atoms with van der Waals surface area (Å²) in [6, 6.07) is 1.65. The highest BCUT2D eigenvalue weighted by molar-refractivity contribution is 7.93. The number of aromatic nitrogens is 2. The Morgan fingerprint density at radius 3 is 2.59 bits per heavy atom. The van der Waals surface area contributed by atoms with E-state index in [1.165, 1.54) is 29.9 Å². The maximum absolute atomic E-state index is 12.1. The summed E-state index contributed by atoms with van der Waals surface area (Å²) in [5.41, 5.74) is 0. The van der Waals surface area contributed by atoms with Crippen LogP contribution >= 0.6 is 11.3 Å². The quantitative estimate of drug-likeness (QED) is 0.924. The van der Waals surface area contributed by atoms with Crippen molar-refractivity contribution in [2.75, 3.05) is 4.72 Å². The standard InChI is InChI=1S/C10H11N3O2S2/c1-7-5-9(8(2)16-7)17(14,15)13-10-6-11-3-4-12-10/h3-6H,1-2H3,(H,12,13). The molecule has 7 heteroatoms. The number of nitrogens with zero attached hydrogens (tertiary/aromatic N) is 2. The van der Waals surface area contributed by atoms with Gasteiger partial charge in [-0.2, -0.15) is 0 Å². The highest BCUT2D eigenvalue weighted by Gasteiger charge is 2.19. The highest BCUT2D eigenvalue weighted by atomic mass is 32.2. The van der Waals surface area contributed by atoms with Gasteiger partial charge in [0.2, 0.25) is 0 Å². The van der Waals surface area contributed by atoms with Gasteiger partial charge < -0.3 is 0 Å². The van der Waals surface area contributed by atoms with Gasteiger partial charge in [0.1, 0.15) is 4.90 Å². The molecule has 0 fully saturated rings. The summed E-state index contributed by atoms with van der Waals surface area (Å²) in [5, 5.41) is 0. The molecular weight excluding hydrogens is 258 g/mol. The van der Waals surface area contributed by atoms with Crippen LogP contribution in [0, 0.1) is 13.8 Å². The molecule has 0 aliphatic heterocycles. The molecule has 5 nitrogen and oxygen atoms in total. The number of rotatable bonds is 3. The summed E-state index contributed by atoms with van der Waals surface area (Å²) in [6.07, 6.45) is 4.29. The first-order chi connectivity index (χ1) is 7.99. The second kappa shape index (κ2) is 4.42. The van der Waals surface area contributed by atoms with Gasteiger partial charge >= 0.3 is 0 Å². The SMILES string of the molecule is Cc1cc(S(=O)(=O)Nc2cnccn2)c(C)s1. The molecule has 2 heterocycles. The highest BCUT2D eigenvalue weighted by Crippen LogP contribution is 2.26. The lowest BCUT2D eigenvalue weighted by atomic mass is 10.4. The number of hydrogen-bond donors (Lipinski definition) is 1. The van der Waals surface area contributed by atoms with Crippen LogP contribution in [0.25, 0.3) is 0 Å². The van der Waals surface area contributed by atoms with Crippen LogP contribution in [0.3, 0.4) is 0 Å². The van der Waals surface area contributed by atoms with E-state index in [0.29, 0.717) is 4.90 Å². The minimum absolute atomic E-state index is 0.218. The first-order valence-electron chi connectivity index (χ1n) is 4.85. The van der Waals surface area contributed by atoms with E-state index in [2.05, 4.69) is 14.7 Å². The van der Waals surface area contributed by atoms with Crippen LogP contribution in [0.2, 0.25) is 0 Å². The topological polar surface area (TPSA) is 72.0 Å². The van der Waals surface area contributed by atoms with Crippen molar-refractivity contribution in [3.05, 3.63) is 34.4 Å². The van der Waals surface area contributed by atoms with Gasteiger partial charge in [-0.3, -0.25) is 9.71 Å². The number of hydrogen-bond acceptors (Lipinski definition) is 5. The summed E-state index contributed by atoms with van der Waals surface area (Å²) in [4.78, 5) is 9.70. The fraction of sp³-hybridized carbons (Fsp3) is 0.200. The Morgan fingerprint density at radius 2 is 2.06 bits per heavy atom. The Bertz CT molecular complexity index is 620. The molecule has 0 saturated carbocycles. The molecule has 0 saturated heterocycles. The maximum Gasteiger partial charge on any atom is 0.264 e. The van der Waals surface area contributed by atoms with Crippen molar-refractivity contribution in [3.63, 3.8) is 0 Å². The largest absolute Gasteiger partial charge is 0.264 e. The number of anilines is 1. The molecule has 0 spiro atoms. The number of aryl methyl sites for hydroxylation is 2. The molecule has 2 aromatic heterocycles. The average molecular weight is 269 g/mol. The zero-order valence-electron chi connectivity index (χ0n) is 9.34. The van der Waals surface area contributed by atoms with Gasteiger partial charge in [-0.05, 0) is 19.9 Å². The number of thiophene rings is 1. The third-order valence-electron chi connectivity index (χ3n) is 2.09. The summed E-state index contributed by atoms with van der Waals surface area (Å²) >= 11 is 1.45. The average Bonchev–Trinajstić information content (AvgIpc) is 2.59. The van der Waals surface area contributed by atoms with Gasteiger partial charge in [0.25, 0.3) is 10.0 Å². The molecule has 0 aromatic carbocycles. The van der Waals surface area contributed by atoms with E-state index < -0.39 is 10.0 Å². The van der Waals surface area contributed by atoms with Gasteiger partial charge in [-0.1, -0.05) is 0 Å². The van der Waals surface area contributed by atoms with Crippen molar-refractivity contribution in [1.29, 1.82) is 0 Å². The minimum atomic E-state index is -3.57.